The third-order valence-electron chi connectivity index (χ3n) is 25.0. The highest BCUT2D eigenvalue weighted by Gasteiger charge is 2.41. The van der Waals surface area contributed by atoms with Gasteiger partial charge in [-0.2, -0.15) is 20.4 Å². The van der Waals surface area contributed by atoms with Crippen molar-refractivity contribution in [2.75, 3.05) is 95.5 Å². The van der Waals surface area contributed by atoms with Crippen LogP contribution in [0.3, 0.4) is 0 Å². The van der Waals surface area contributed by atoms with Crippen molar-refractivity contribution in [2.24, 2.45) is 0 Å². The number of nitrogens with zero attached hydrogens (tertiary/aromatic N) is 21. The number of imidazole rings is 4. The van der Waals surface area contributed by atoms with Crippen LogP contribution in [0.25, 0.3) is 112 Å². The maximum absolute atomic E-state index is 13.3. The van der Waals surface area contributed by atoms with Crippen molar-refractivity contribution in [3.63, 3.8) is 0 Å². The molecule has 22 rings (SSSR count). The van der Waals surface area contributed by atoms with Crippen LogP contribution < -0.4 is 42.5 Å². The number of halogens is 2. The molecule has 130 heavy (non-hydrogen) atoms. The average molecular weight is 1770 g/mol. The first-order valence-corrected chi connectivity index (χ1v) is 44.0. The van der Waals surface area contributed by atoms with Crippen LogP contribution in [0.2, 0.25) is 0 Å². The van der Waals surface area contributed by atoms with Crippen molar-refractivity contribution in [3.8, 4) is 45.0 Å². The summed E-state index contributed by atoms with van der Waals surface area (Å²) in [6, 6.07) is 23.0. The van der Waals surface area contributed by atoms with Gasteiger partial charge in [0.25, 0.3) is 23.6 Å². The molecule has 18 heterocycles. The third kappa shape index (κ3) is 16.5. The molecule has 37 nitrogen and oxygen atoms in total. The number of hydrogen-bond donors (Lipinski definition) is 10. The van der Waals surface area contributed by atoms with Gasteiger partial charge in [0, 0.05) is 192 Å². The Hall–Kier alpha value is -14.0. The maximum atomic E-state index is 13.3. The Morgan fingerprint density at radius 2 is 0.738 bits per heavy atom. The first-order chi connectivity index (χ1) is 63.2. The number of nitrogens with one attached hydrogen (secondary N) is 8. The van der Waals surface area contributed by atoms with Gasteiger partial charge in [-0.05, 0) is 139 Å². The standard InChI is InChI=1S/C24H27FN8O2.C24H27N7O3.C22H25N7O2.C21H22FN7O/c1-26-20-12-18(30-33-21(13-28-23(20)33)24(34)29-19-11-17(19)25)16-14-32(22-15(16)3-2-4-27-22)6-5-31-7-9-35-10-8-31;1-25-19-11-18(29-31-20(12-27-23(19)31)24(33)28-17-4-5-21(17)32)16-13-30(14-6-9-34-10-7-14)22-15(16)3-2-8-26-22;1-12(2)28-11-14(13-5-4-8-24-20(13)28)16-9-17(23-3)21-25-10-18(29(21)27-16)22(31)26-15-6-7-19(15)30;1-11(2)28-10-13(12-5-4-6-24-19(12)28)15-8-17(23-3)20-25-9-18(29(20)27-15)21(30)26-16-7-14(16)22/h2-4,12-14,17,19,26H,5-11H2,1H3,(H,29,34);2-3,8,11-14,17,21,25,32H,4-7,9-10H2,1H3,(H,28,33);4-5,8-12,15,19,23,30H,6-7H2,1-3H3,(H,26,31);4-6,8-11,14,16,23H,7H2,1-3H3,(H,26,30)/t17-,19+;17-,21+;15-,19+;14-,16+/m0110/s1. The van der Waals surface area contributed by atoms with Crippen LogP contribution in [0.4, 0.5) is 31.5 Å². The number of rotatable bonds is 22. The van der Waals surface area contributed by atoms with Crippen molar-refractivity contribution >= 4 is 113 Å². The molecule has 0 radical (unpaired) electrons. The van der Waals surface area contributed by atoms with Gasteiger partial charge < -0.3 is 80.5 Å². The second-order valence-electron chi connectivity index (χ2n) is 34.0. The normalized spacial score (nSPS) is 19.6. The second-order valence-corrected chi connectivity index (χ2v) is 34.0. The predicted octanol–water partition coefficient (Wildman–Crippen LogP) is 10.2. The number of aliphatic hydroxyl groups is 2. The fourth-order valence-electron chi connectivity index (χ4n) is 17.1. The second kappa shape index (κ2) is 35.9. The molecule has 0 unspecified atom stereocenters. The first kappa shape index (κ1) is 85.4. The number of aromatic nitrogens is 20. The van der Waals surface area contributed by atoms with Crippen molar-refractivity contribution < 1.29 is 47.6 Å². The van der Waals surface area contributed by atoms with Gasteiger partial charge in [0.05, 0.1) is 120 Å². The lowest BCUT2D eigenvalue weighted by Crippen LogP contribution is -2.50. The number of ether oxygens (including phenoxy) is 2. The van der Waals surface area contributed by atoms with Crippen molar-refractivity contribution in [3.05, 3.63) is 170 Å². The zero-order valence-electron chi connectivity index (χ0n) is 73.0. The summed E-state index contributed by atoms with van der Waals surface area (Å²) in [4.78, 5) is 89.7. The predicted molar refractivity (Wildman–Crippen MR) is 487 cm³/mol. The zero-order chi connectivity index (χ0) is 89.9. The van der Waals surface area contributed by atoms with Crippen LogP contribution in [0.5, 0.6) is 0 Å². The molecule has 4 amide bonds. The number of anilines is 4. The molecule has 672 valence electrons. The maximum Gasteiger partial charge on any atom is 0.271 e. The van der Waals surface area contributed by atoms with Gasteiger partial charge in [0.15, 0.2) is 45.4 Å². The summed E-state index contributed by atoms with van der Waals surface area (Å²) in [5, 5.41) is 66.6. The van der Waals surface area contributed by atoms with Crippen LogP contribution >= 0.6 is 0 Å². The molecule has 0 aromatic carbocycles. The van der Waals surface area contributed by atoms with Gasteiger partial charge in [0.2, 0.25) is 0 Å². The lowest BCUT2D eigenvalue weighted by atomic mass is 9.89. The van der Waals surface area contributed by atoms with E-state index in [1.54, 1.807) is 41.7 Å². The minimum atomic E-state index is -0.981. The van der Waals surface area contributed by atoms with Gasteiger partial charge in [-0.15, -0.1) is 0 Å². The number of pyridine rings is 4. The molecule has 16 aromatic heterocycles. The molecule has 8 atom stereocenters. The molecule has 10 N–H and O–H groups in total. The molecule has 2 saturated heterocycles. The summed E-state index contributed by atoms with van der Waals surface area (Å²) in [6.45, 7) is 15.0. The number of amides is 4. The third-order valence-corrected chi connectivity index (χ3v) is 25.0. The topological polar surface area (TPSA) is 419 Å². The SMILES string of the molecule is CNc1cc(-c2cn(C(C)C)c3ncccc23)nn2c(C(=O)N[C@@H]3CC[C@@H]3O)cnc12.CNc1cc(-c2cn(C(C)C)c3ncccc23)nn2c(C(=O)N[C@@H]3C[C@@H]3F)cnc12.CNc1cc(-c2cn(C3CCOCC3)c3ncccc23)nn2c(C(=O)N[C@@H]3CC[C@@H]3O)cnc12.CNc1cc(-c2cn(CCN3CCOCC3)c3ncccc23)nn2c(C(=O)N[C@@H]3C[C@@H]3F)cnc12. The van der Waals surface area contributed by atoms with Gasteiger partial charge in [-0.1, -0.05) is 0 Å². The van der Waals surface area contributed by atoms with Crippen LogP contribution in [0.1, 0.15) is 139 Å². The minimum Gasteiger partial charge on any atom is -0.391 e. The monoisotopic (exact) mass is 1770 g/mol. The molecule has 6 aliphatic rings. The van der Waals surface area contributed by atoms with Crippen LogP contribution in [0, 0.1) is 0 Å². The Kier molecular flexibility index (Phi) is 23.6. The highest BCUT2D eigenvalue weighted by atomic mass is 19.1. The van der Waals surface area contributed by atoms with E-state index in [1.807, 2.05) is 93.2 Å². The summed E-state index contributed by atoms with van der Waals surface area (Å²) in [5.41, 5.74) is 16.5. The summed E-state index contributed by atoms with van der Waals surface area (Å²) >= 11 is 0. The molecule has 2 aliphatic heterocycles. The van der Waals surface area contributed by atoms with E-state index in [9.17, 15) is 38.2 Å². The fraction of sp³-hybridized carbons (Fsp3) is 0.385. The number of hydrogen-bond acceptors (Lipinski definition) is 25. The van der Waals surface area contributed by atoms with Gasteiger partial charge in [0.1, 0.15) is 34.9 Å². The largest absolute Gasteiger partial charge is 0.391 e. The quantitative estimate of drug-likeness (QED) is 0.0301. The molecule has 6 fully saturated rings. The van der Waals surface area contributed by atoms with E-state index in [2.05, 4.69) is 158 Å². The fourth-order valence-corrected chi connectivity index (χ4v) is 17.1. The van der Waals surface area contributed by atoms with Crippen LogP contribution in [-0.4, -0.2) is 258 Å². The van der Waals surface area contributed by atoms with E-state index in [0.29, 0.717) is 82.8 Å². The summed E-state index contributed by atoms with van der Waals surface area (Å²) in [6.07, 6.45) is 24.0. The summed E-state index contributed by atoms with van der Waals surface area (Å²) in [7, 11) is 7.24. The van der Waals surface area contributed by atoms with E-state index in [0.717, 1.165) is 173 Å². The summed E-state index contributed by atoms with van der Waals surface area (Å²) in [5.74, 6) is -1.36. The summed E-state index contributed by atoms with van der Waals surface area (Å²) < 4.78 is 52.4. The first-order valence-electron chi connectivity index (χ1n) is 44.0. The number of fused-ring (bicyclic) bond motifs is 8. The Bertz CT molecular complexity index is 6970. The molecule has 39 heteroatoms. The highest BCUT2D eigenvalue weighted by molar-refractivity contribution is 6.01. The van der Waals surface area contributed by atoms with Gasteiger partial charge >= 0.3 is 0 Å². The lowest BCUT2D eigenvalue weighted by molar-refractivity contribution is 0.0365. The van der Waals surface area contributed by atoms with E-state index >= 15 is 0 Å². The Balaban J connectivity index is 0.000000113. The molecule has 4 aliphatic carbocycles. The number of carbonyl (C=O) groups is 4. The number of aliphatic hydroxyl groups excluding tert-OH is 2. The van der Waals surface area contributed by atoms with Crippen molar-refractivity contribution in [2.45, 2.75) is 152 Å². The number of carbonyl (C=O) groups excluding carboxylic acids is 4. The highest BCUT2D eigenvalue weighted by Crippen LogP contribution is 2.40. The van der Waals surface area contributed by atoms with E-state index < -0.39 is 36.6 Å². The van der Waals surface area contributed by atoms with Gasteiger partial charge in [-0.3, -0.25) is 24.1 Å². The van der Waals surface area contributed by atoms with Crippen molar-refractivity contribution in [1.29, 1.82) is 0 Å². The van der Waals surface area contributed by atoms with Crippen LogP contribution in [0.15, 0.2) is 147 Å². The van der Waals surface area contributed by atoms with E-state index in [1.165, 1.54) is 33.8 Å². The Morgan fingerprint density at radius 1 is 0.408 bits per heavy atom. The van der Waals surface area contributed by atoms with E-state index in [4.69, 9.17) is 29.9 Å². The Morgan fingerprint density at radius 3 is 1.08 bits per heavy atom. The molecule has 4 saturated carbocycles. The average Bonchev–Trinajstić information content (AvgIpc) is 1.60. The number of alkyl halides is 2. The zero-order valence-corrected chi connectivity index (χ0v) is 73.0. The minimum absolute atomic E-state index is 0.222. The number of morpholine rings is 1. The van der Waals surface area contributed by atoms with Crippen molar-refractivity contribution in [1.82, 2.24) is 123 Å². The van der Waals surface area contributed by atoms with Gasteiger partial charge in [-0.25, -0.2) is 66.7 Å². The molecule has 0 bridgehead atoms. The lowest BCUT2D eigenvalue weighted by Gasteiger charge is -2.32. The molecular weight excluding hydrogens is 1670 g/mol. The molecule has 16 aromatic rings. The van der Waals surface area contributed by atoms with Crippen LogP contribution in [-0.2, 0) is 16.0 Å². The molecular formula is C91H101F2N29O8. The van der Waals surface area contributed by atoms with E-state index in [-0.39, 0.29) is 59.2 Å². The Labute approximate surface area is 742 Å². The molecule has 0 spiro atoms. The smallest absolute Gasteiger partial charge is 0.271 e.